The third-order valence-corrected chi connectivity index (χ3v) is 2.31. The lowest BCUT2D eigenvalue weighted by Crippen LogP contribution is -2.11. The molecule has 0 radical (unpaired) electrons. The molecule has 0 unspecified atom stereocenters. The Labute approximate surface area is 94.0 Å². The van der Waals surface area contributed by atoms with E-state index in [1.165, 1.54) is 0 Å². The second kappa shape index (κ2) is 4.81. The van der Waals surface area contributed by atoms with Crippen molar-refractivity contribution in [3.05, 3.63) is 30.5 Å². The fourth-order valence-electron chi connectivity index (χ4n) is 1.60. The molecule has 0 spiro atoms. The number of nitrogens with two attached hydrogens (primary N) is 1. The second-order valence-corrected chi connectivity index (χ2v) is 3.31. The van der Waals surface area contributed by atoms with Crippen molar-refractivity contribution in [3.63, 3.8) is 0 Å². The fraction of sp³-hybridized carbons (Fsp3) is 0.250. The van der Waals surface area contributed by atoms with Gasteiger partial charge < -0.3 is 15.2 Å². The summed E-state index contributed by atoms with van der Waals surface area (Å²) in [6, 6.07) is 7.69. The molecule has 0 aliphatic rings. The maximum atomic E-state index is 5.48. The van der Waals surface area contributed by atoms with Crippen molar-refractivity contribution in [2.45, 2.75) is 0 Å². The summed E-state index contributed by atoms with van der Waals surface area (Å²) in [7, 11) is 1.65. The van der Waals surface area contributed by atoms with Crippen LogP contribution in [0.5, 0.6) is 11.6 Å². The number of nitrogens with zero attached hydrogens (tertiary/aromatic N) is 1. The molecule has 2 N–H and O–H groups in total. The Morgan fingerprint density at radius 2 is 2.12 bits per heavy atom. The van der Waals surface area contributed by atoms with Gasteiger partial charge in [-0.3, -0.25) is 0 Å². The minimum atomic E-state index is 0.462. The van der Waals surface area contributed by atoms with Crippen LogP contribution in [0.1, 0.15) is 0 Å². The van der Waals surface area contributed by atoms with Crippen LogP contribution in [0.2, 0.25) is 0 Å². The summed E-state index contributed by atoms with van der Waals surface area (Å²) in [5, 5.41) is 1.93. The SMILES string of the molecule is COc1cccc2c(OCCN)nccc12. The smallest absolute Gasteiger partial charge is 0.221 e. The van der Waals surface area contributed by atoms with Gasteiger partial charge in [-0.1, -0.05) is 6.07 Å². The molecule has 16 heavy (non-hydrogen) atoms. The van der Waals surface area contributed by atoms with E-state index in [1.54, 1.807) is 13.3 Å². The first-order chi connectivity index (χ1) is 7.86. The van der Waals surface area contributed by atoms with Crippen molar-refractivity contribution in [2.75, 3.05) is 20.3 Å². The van der Waals surface area contributed by atoms with Crippen molar-refractivity contribution in [1.29, 1.82) is 0 Å². The predicted molar refractivity (Wildman–Crippen MR) is 62.8 cm³/mol. The van der Waals surface area contributed by atoms with Gasteiger partial charge in [-0.25, -0.2) is 4.98 Å². The van der Waals surface area contributed by atoms with Crippen LogP contribution in [0.4, 0.5) is 0 Å². The average molecular weight is 218 g/mol. The van der Waals surface area contributed by atoms with Gasteiger partial charge in [0.25, 0.3) is 0 Å². The van der Waals surface area contributed by atoms with Crippen LogP contribution in [0, 0.1) is 0 Å². The van der Waals surface area contributed by atoms with Crippen LogP contribution in [0.25, 0.3) is 10.8 Å². The van der Waals surface area contributed by atoms with Crippen molar-refractivity contribution in [3.8, 4) is 11.6 Å². The lowest BCUT2D eigenvalue weighted by molar-refractivity contribution is 0.320. The maximum Gasteiger partial charge on any atom is 0.221 e. The minimum Gasteiger partial charge on any atom is -0.496 e. The van der Waals surface area contributed by atoms with Crippen LogP contribution in [0.3, 0.4) is 0 Å². The first kappa shape index (κ1) is 10.7. The van der Waals surface area contributed by atoms with Gasteiger partial charge in [0.2, 0.25) is 5.88 Å². The van der Waals surface area contributed by atoms with Gasteiger partial charge in [0.15, 0.2) is 0 Å². The molecule has 1 aromatic carbocycles. The molecule has 0 saturated heterocycles. The molecule has 4 heteroatoms. The summed E-state index contributed by atoms with van der Waals surface area (Å²) in [4.78, 5) is 4.19. The molecular weight excluding hydrogens is 204 g/mol. The van der Waals surface area contributed by atoms with Crippen molar-refractivity contribution in [1.82, 2.24) is 4.98 Å². The first-order valence-corrected chi connectivity index (χ1v) is 5.11. The summed E-state index contributed by atoms with van der Waals surface area (Å²) >= 11 is 0. The quantitative estimate of drug-likeness (QED) is 0.846. The number of methoxy groups -OCH3 is 1. The number of hydrogen-bond donors (Lipinski definition) is 1. The maximum absolute atomic E-state index is 5.48. The van der Waals surface area contributed by atoms with Gasteiger partial charge in [-0.15, -0.1) is 0 Å². The molecule has 0 atom stereocenters. The van der Waals surface area contributed by atoms with Gasteiger partial charge in [0, 0.05) is 23.5 Å². The number of rotatable bonds is 4. The van der Waals surface area contributed by atoms with E-state index in [4.69, 9.17) is 15.2 Å². The Balaban J connectivity index is 2.51. The van der Waals surface area contributed by atoms with Crippen molar-refractivity contribution >= 4 is 10.8 Å². The molecule has 0 aliphatic carbocycles. The van der Waals surface area contributed by atoms with Crippen LogP contribution < -0.4 is 15.2 Å². The van der Waals surface area contributed by atoms with Crippen molar-refractivity contribution in [2.24, 2.45) is 5.73 Å². The molecule has 84 valence electrons. The predicted octanol–water partition coefficient (Wildman–Crippen LogP) is 1.58. The third-order valence-electron chi connectivity index (χ3n) is 2.31. The van der Waals surface area contributed by atoms with Crippen LogP contribution in [-0.4, -0.2) is 25.2 Å². The highest BCUT2D eigenvalue weighted by molar-refractivity contribution is 5.91. The summed E-state index contributed by atoms with van der Waals surface area (Å²) in [6.07, 6.45) is 1.71. The standard InChI is InChI=1S/C12H14N2O2/c1-15-11-4-2-3-10-9(11)5-7-14-12(10)16-8-6-13/h2-5,7H,6,8,13H2,1H3. The molecule has 0 saturated carbocycles. The molecule has 2 aromatic rings. The molecule has 1 aromatic heterocycles. The number of fused-ring (bicyclic) bond motifs is 1. The zero-order chi connectivity index (χ0) is 11.4. The van der Waals surface area contributed by atoms with E-state index in [0.29, 0.717) is 19.0 Å². The van der Waals surface area contributed by atoms with E-state index in [-0.39, 0.29) is 0 Å². The van der Waals surface area contributed by atoms with Gasteiger partial charge in [0.05, 0.1) is 7.11 Å². The molecule has 0 amide bonds. The largest absolute Gasteiger partial charge is 0.496 e. The topological polar surface area (TPSA) is 57.4 Å². The molecular formula is C12H14N2O2. The average Bonchev–Trinajstić information content (AvgIpc) is 2.35. The highest BCUT2D eigenvalue weighted by Gasteiger charge is 2.06. The van der Waals surface area contributed by atoms with Crippen LogP contribution in [0.15, 0.2) is 30.5 Å². The Hall–Kier alpha value is -1.81. The second-order valence-electron chi connectivity index (χ2n) is 3.31. The van der Waals surface area contributed by atoms with E-state index in [2.05, 4.69) is 4.98 Å². The molecule has 4 nitrogen and oxygen atoms in total. The number of hydrogen-bond acceptors (Lipinski definition) is 4. The van der Waals surface area contributed by atoms with Gasteiger partial charge in [0.1, 0.15) is 12.4 Å². The van der Waals surface area contributed by atoms with Gasteiger partial charge in [-0.2, -0.15) is 0 Å². The van der Waals surface area contributed by atoms with E-state index in [0.717, 1.165) is 16.5 Å². The summed E-state index contributed by atoms with van der Waals surface area (Å²) < 4.78 is 10.8. The zero-order valence-electron chi connectivity index (χ0n) is 9.14. The number of ether oxygens (including phenoxy) is 2. The number of benzene rings is 1. The summed E-state index contributed by atoms with van der Waals surface area (Å²) in [5.74, 6) is 1.42. The monoisotopic (exact) mass is 218 g/mol. The lowest BCUT2D eigenvalue weighted by atomic mass is 10.1. The van der Waals surface area contributed by atoms with E-state index >= 15 is 0 Å². The zero-order valence-corrected chi connectivity index (χ0v) is 9.14. The number of aromatic nitrogens is 1. The summed E-state index contributed by atoms with van der Waals surface area (Å²) in [5.41, 5.74) is 5.40. The van der Waals surface area contributed by atoms with E-state index in [1.807, 2.05) is 24.3 Å². The van der Waals surface area contributed by atoms with E-state index < -0.39 is 0 Å². The molecule has 2 rings (SSSR count). The Morgan fingerprint density at radius 1 is 1.25 bits per heavy atom. The van der Waals surface area contributed by atoms with Crippen molar-refractivity contribution < 1.29 is 9.47 Å². The van der Waals surface area contributed by atoms with Gasteiger partial charge in [-0.05, 0) is 18.2 Å². The molecule has 1 heterocycles. The minimum absolute atomic E-state index is 0.462. The first-order valence-electron chi connectivity index (χ1n) is 5.11. The Bertz CT molecular complexity index is 485. The Kier molecular flexibility index (Phi) is 3.22. The summed E-state index contributed by atoms with van der Waals surface area (Å²) in [6.45, 7) is 0.936. The van der Waals surface area contributed by atoms with Crippen LogP contribution in [-0.2, 0) is 0 Å². The Morgan fingerprint density at radius 3 is 2.88 bits per heavy atom. The molecule has 0 bridgehead atoms. The fourth-order valence-corrected chi connectivity index (χ4v) is 1.60. The lowest BCUT2D eigenvalue weighted by Gasteiger charge is -2.09. The van der Waals surface area contributed by atoms with Gasteiger partial charge >= 0.3 is 0 Å². The third kappa shape index (κ3) is 1.92. The molecule has 0 aliphatic heterocycles. The van der Waals surface area contributed by atoms with E-state index in [9.17, 15) is 0 Å². The normalized spacial score (nSPS) is 10.4. The molecule has 0 fully saturated rings. The van der Waals surface area contributed by atoms with Crippen LogP contribution >= 0.6 is 0 Å². The highest BCUT2D eigenvalue weighted by atomic mass is 16.5. The highest BCUT2D eigenvalue weighted by Crippen LogP contribution is 2.29. The number of pyridine rings is 1.